The van der Waals surface area contributed by atoms with Crippen molar-refractivity contribution in [1.82, 2.24) is 9.97 Å². The number of hydrogen-bond donors (Lipinski definition) is 1. The average molecular weight is 181 g/mol. The Morgan fingerprint density at radius 2 is 2.38 bits per heavy atom. The van der Waals surface area contributed by atoms with Crippen LogP contribution >= 0.6 is 0 Å². The highest BCUT2D eigenvalue weighted by atomic mass is 16.5. The lowest BCUT2D eigenvalue weighted by atomic mass is 10.2. The van der Waals surface area contributed by atoms with Crippen LogP contribution in [0.2, 0.25) is 0 Å². The van der Waals surface area contributed by atoms with Crippen molar-refractivity contribution in [1.29, 1.82) is 0 Å². The van der Waals surface area contributed by atoms with Crippen LogP contribution < -0.4 is 5.73 Å². The molecule has 1 aromatic heterocycles. The van der Waals surface area contributed by atoms with Gasteiger partial charge in [-0.1, -0.05) is 0 Å². The van der Waals surface area contributed by atoms with E-state index in [9.17, 15) is 0 Å². The van der Waals surface area contributed by atoms with E-state index in [0.717, 1.165) is 11.5 Å². The first-order valence-corrected chi connectivity index (χ1v) is 4.25. The topological polar surface area (TPSA) is 61.0 Å². The molecule has 1 aromatic rings. The van der Waals surface area contributed by atoms with E-state index in [-0.39, 0.29) is 6.04 Å². The standard InChI is InChI=1S/C9H15N3O/c1-7-3-4-11-9(12-7)5-8(10)6-13-2/h3-4,8H,5-6,10H2,1-2H3. The quantitative estimate of drug-likeness (QED) is 0.725. The molecule has 0 aromatic carbocycles. The number of hydrogen-bond acceptors (Lipinski definition) is 4. The summed E-state index contributed by atoms with van der Waals surface area (Å²) in [6.07, 6.45) is 2.41. The second-order valence-electron chi connectivity index (χ2n) is 3.03. The summed E-state index contributed by atoms with van der Waals surface area (Å²) in [6.45, 7) is 2.48. The molecular formula is C9H15N3O. The van der Waals surface area contributed by atoms with Crippen molar-refractivity contribution in [2.45, 2.75) is 19.4 Å². The highest BCUT2D eigenvalue weighted by molar-refractivity contribution is 5.00. The first-order valence-electron chi connectivity index (χ1n) is 4.25. The van der Waals surface area contributed by atoms with Gasteiger partial charge in [-0.25, -0.2) is 9.97 Å². The van der Waals surface area contributed by atoms with Gasteiger partial charge < -0.3 is 10.5 Å². The minimum Gasteiger partial charge on any atom is -0.383 e. The summed E-state index contributed by atoms with van der Waals surface area (Å²) in [5.41, 5.74) is 6.73. The summed E-state index contributed by atoms with van der Waals surface area (Å²) in [7, 11) is 1.64. The summed E-state index contributed by atoms with van der Waals surface area (Å²) < 4.78 is 4.93. The Bertz CT molecular complexity index is 265. The van der Waals surface area contributed by atoms with Crippen molar-refractivity contribution >= 4 is 0 Å². The average Bonchev–Trinajstić information content (AvgIpc) is 2.04. The van der Waals surface area contributed by atoms with Gasteiger partial charge in [0.1, 0.15) is 5.82 Å². The third-order valence-electron chi connectivity index (χ3n) is 1.67. The van der Waals surface area contributed by atoms with E-state index in [2.05, 4.69) is 9.97 Å². The van der Waals surface area contributed by atoms with Crippen LogP contribution in [0.1, 0.15) is 11.5 Å². The molecule has 1 atom stereocenters. The maximum atomic E-state index is 5.76. The molecule has 0 saturated carbocycles. The molecule has 1 unspecified atom stereocenters. The van der Waals surface area contributed by atoms with Gasteiger partial charge in [-0.05, 0) is 13.0 Å². The molecule has 0 aliphatic heterocycles. The van der Waals surface area contributed by atoms with Crippen molar-refractivity contribution in [2.24, 2.45) is 5.73 Å². The molecule has 0 fully saturated rings. The molecule has 72 valence electrons. The van der Waals surface area contributed by atoms with Crippen LogP contribution in [0.25, 0.3) is 0 Å². The molecule has 2 N–H and O–H groups in total. The summed E-state index contributed by atoms with van der Waals surface area (Å²) in [5.74, 6) is 0.782. The number of rotatable bonds is 4. The Labute approximate surface area is 78.1 Å². The van der Waals surface area contributed by atoms with Crippen molar-refractivity contribution in [3.63, 3.8) is 0 Å². The van der Waals surface area contributed by atoms with E-state index in [4.69, 9.17) is 10.5 Å². The van der Waals surface area contributed by atoms with Gasteiger partial charge in [0.2, 0.25) is 0 Å². The predicted octanol–water partition coefficient (Wildman–Crippen LogP) is 0.301. The Morgan fingerprint density at radius 3 is 3.00 bits per heavy atom. The molecular weight excluding hydrogens is 166 g/mol. The molecule has 1 rings (SSSR count). The normalized spacial score (nSPS) is 12.8. The lowest BCUT2D eigenvalue weighted by Crippen LogP contribution is -2.28. The number of nitrogens with zero attached hydrogens (tertiary/aromatic N) is 2. The fourth-order valence-electron chi connectivity index (χ4n) is 1.11. The second-order valence-corrected chi connectivity index (χ2v) is 3.03. The molecule has 0 radical (unpaired) electrons. The molecule has 0 aliphatic carbocycles. The van der Waals surface area contributed by atoms with Gasteiger partial charge in [-0.2, -0.15) is 0 Å². The fourth-order valence-corrected chi connectivity index (χ4v) is 1.11. The highest BCUT2D eigenvalue weighted by Crippen LogP contribution is 1.97. The third-order valence-corrected chi connectivity index (χ3v) is 1.67. The zero-order valence-electron chi connectivity index (χ0n) is 8.03. The number of aryl methyl sites for hydroxylation is 1. The number of ether oxygens (including phenoxy) is 1. The van der Waals surface area contributed by atoms with Crippen LogP contribution in [0.5, 0.6) is 0 Å². The Balaban J connectivity index is 2.53. The van der Waals surface area contributed by atoms with E-state index < -0.39 is 0 Å². The molecule has 13 heavy (non-hydrogen) atoms. The van der Waals surface area contributed by atoms with Crippen LogP contribution in [0.3, 0.4) is 0 Å². The molecule has 1 heterocycles. The summed E-state index contributed by atoms with van der Waals surface area (Å²) in [6, 6.07) is 1.84. The summed E-state index contributed by atoms with van der Waals surface area (Å²) in [5, 5.41) is 0. The van der Waals surface area contributed by atoms with Gasteiger partial charge >= 0.3 is 0 Å². The predicted molar refractivity (Wildman–Crippen MR) is 50.3 cm³/mol. The first-order chi connectivity index (χ1) is 6.22. The summed E-state index contributed by atoms with van der Waals surface area (Å²) >= 11 is 0. The first kappa shape index (κ1) is 10.1. The molecule has 4 nitrogen and oxygen atoms in total. The van der Waals surface area contributed by atoms with Gasteiger partial charge in [0, 0.05) is 31.5 Å². The zero-order chi connectivity index (χ0) is 9.68. The minimum atomic E-state index is -0.0215. The van der Waals surface area contributed by atoms with E-state index in [0.29, 0.717) is 13.0 Å². The van der Waals surface area contributed by atoms with Crippen molar-refractivity contribution in [3.05, 3.63) is 23.8 Å². The molecule has 4 heteroatoms. The monoisotopic (exact) mass is 181 g/mol. The Kier molecular flexibility index (Phi) is 3.79. The van der Waals surface area contributed by atoms with Gasteiger partial charge in [0.15, 0.2) is 0 Å². The maximum Gasteiger partial charge on any atom is 0.130 e. The number of methoxy groups -OCH3 is 1. The van der Waals surface area contributed by atoms with Crippen molar-refractivity contribution in [3.8, 4) is 0 Å². The van der Waals surface area contributed by atoms with Crippen molar-refractivity contribution in [2.75, 3.05) is 13.7 Å². The van der Waals surface area contributed by atoms with Crippen LogP contribution in [0, 0.1) is 6.92 Å². The maximum absolute atomic E-state index is 5.76. The lowest BCUT2D eigenvalue weighted by Gasteiger charge is -2.08. The zero-order valence-corrected chi connectivity index (χ0v) is 8.03. The van der Waals surface area contributed by atoms with E-state index in [1.54, 1.807) is 13.3 Å². The van der Waals surface area contributed by atoms with E-state index >= 15 is 0 Å². The molecule has 0 saturated heterocycles. The fraction of sp³-hybridized carbons (Fsp3) is 0.556. The Hall–Kier alpha value is -1.00. The molecule has 0 aliphatic rings. The molecule has 0 amide bonds. The smallest absolute Gasteiger partial charge is 0.130 e. The van der Waals surface area contributed by atoms with Crippen LogP contribution in [0.15, 0.2) is 12.3 Å². The van der Waals surface area contributed by atoms with Gasteiger partial charge in [-0.15, -0.1) is 0 Å². The van der Waals surface area contributed by atoms with Gasteiger partial charge in [0.25, 0.3) is 0 Å². The van der Waals surface area contributed by atoms with Gasteiger partial charge in [-0.3, -0.25) is 0 Å². The Morgan fingerprint density at radius 1 is 1.62 bits per heavy atom. The SMILES string of the molecule is COCC(N)Cc1nccc(C)n1. The number of nitrogens with two attached hydrogens (primary N) is 1. The highest BCUT2D eigenvalue weighted by Gasteiger charge is 2.05. The second kappa shape index (κ2) is 4.89. The number of aromatic nitrogens is 2. The molecule has 0 bridgehead atoms. The third kappa shape index (κ3) is 3.48. The minimum absolute atomic E-state index is 0.0215. The van der Waals surface area contributed by atoms with Gasteiger partial charge in [0.05, 0.1) is 6.61 Å². The van der Waals surface area contributed by atoms with Crippen LogP contribution in [-0.4, -0.2) is 29.7 Å². The largest absolute Gasteiger partial charge is 0.383 e. The van der Waals surface area contributed by atoms with E-state index in [1.165, 1.54) is 0 Å². The molecule has 0 spiro atoms. The van der Waals surface area contributed by atoms with Crippen LogP contribution in [-0.2, 0) is 11.2 Å². The van der Waals surface area contributed by atoms with E-state index in [1.807, 2.05) is 13.0 Å². The van der Waals surface area contributed by atoms with Crippen molar-refractivity contribution < 1.29 is 4.74 Å². The van der Waals surface area contributed by atoms with Crippen LogP contribution in [0.4, 0.5) is 0 Å². The lowest BCUT2D eigenvalue weighted by molar-refractivity contribution is 0.179. The summed E-state index contributed by atoms with van der Waals surface area (Å²) in [4.78, 5) is 8.36.